The minimum absolute atomic E-state index is 0.188. The van der Waals surface area contributed by atoms with Crippen molar-refractivity contribution in [3.8, 4) is 0 Å². The predicted molar refractivity (Wildman–Crippen MR) is 78.0 cm³/mol. The zero-order valence-corrected chi connectivity index (χ0v) is 12.8. The highest BCUT2D eigenvalue weighted by molar-refractivity contribution is 7.10. The molecule has 120 valence electrons. The molecule has 22 heavy (non-hydrogen) atoms. The molecule has 3 rings (SSSR count). The molecular weight excluding hydrogens is 310 g/mol. The number of aromatic nitrogens is 2. The number of urea groups is 1. The zero-order valence-electron chi connectivity index (χ0n) is 12.0. The standard InChI is InChI=1S/C12H17N5O4S/c18-11(16-1-5-20-6-2-16)9-10(22-15-14-9)13-12(19)17-3-7-21-8-4-17/h1-8H2,(H,13,19). The van der Waals surface area contributed by atoms with Crippen molar-refractivity contribution in [1.29, 1.82) is 0 Å². The van der Waals surface area contributed by atoms with Crippen molar-refractivity contribution in [2.75, 3.05) is 57.9 Å². The number of hydrogen-bond acceptors (Lipinski definition) is 7. The molecule has 2 aliphatic rings. The molecule has 0 aliphatic carbocycles. The van der Waals surface area contributed by atoms with Crippen molar-refractivity contribution in [3.63, 3.8) is 0 Å². The summed E-state index contributed by atoms with van der Waals surface area (Å²) in [6.45, 7) is 4.18. The molecule has 0 bridgehead atoms. The Morgan fingerprint density at radius 1 is 1.00 bits per heavy atom. The maximum Gasteiger partial charge on any atom is 0.322 e. The number of carbonyl (C=O) groups excluding carboxylic acids is 2. The van der Waals surface area contributed by atoms with Gasteiger partial charge in [0.1, 0.15) is 0 Å². The normalized spacial score (nSPS) is 19.1. The molecule has 0 atom stereocenters. The van der Waals surface area contributed by atoms with Crippen molar-refractivity contribution in [1.82, 2.24) is 19.4 Å². The summed E-state index contributed by atoms with van der Waals surface area (Å²) in [5.41, 5.74) is 0.188. The quantitative estimate of drug-likeness (QED) is 0.813. The van der Waals surface area contributed by atoms with E-state index >= 15 is 0 Å². The first-order valence-corrected chi connectivity index (χ1v) is 7.86. The molecule has 2 saturated heterocycles. The van der Waals surface area contributed by atoms with Gasteiger partial charge < -0.3 is 19.3 Å². The fraction of sp³-hybridized carbons (Fsp3) is 0.667. The third kappa shape index (κ3) is 3.34. The first kappa shape index (κ1) is 15.1. The summed E-state index contributed by atoms with van der Waals surface area (Å²) in [7, 11) is 0. The lowest BCUT2D eigenvalue weighted by Gasteiger charge is -2.27. The van der Waals surface area contributed by atoms with Crippen LogP contribution in [0, 0.1) is 0 Å². The van der Waals surface area contributed by atoms with Crippen LogP contribution in [0.1, 0.15) is 10.5 Å². The zero-order chi connectivity index (χ0) is 15.4. The van der Waals surface area contributed by atoms with Gasteiger partial charge in [0.25, 0.3) is 5.91 Å². The van der Waals surface area contributed by atoms with Gasteiger partial charge in [-0.15, -0.1) is 5.10 Å². The van der Waals surface area contributed by atoms with Gasteiger partial charge in [-0.1, -0.05) is 4.49 Å². The highest BCUT2D eigenvalue weighted by Gasteiger charge is 2.26. The number of amides is 3. The average Bonchev–Trinajstić information content (AvgIpc) is 3.04. The summed E-state index contributed by atoms with van der Waals surface area (Å²) in [4.78, 5) is 27.9. The van der Waals surface area contributed by atoms with Crippen LogP contribution in [0.3, 0.4) is 0 Å². The van der Waals surface area contributed by atoms with Crippen LogP contribution in [0.2, 0.25) is 0 Å². The highest BCUT2D eigenvalue weighted by Crippen LogP contribution is 2.20. The molecule has 0 saturated carbocycles. The summed E-state index contributed by atoms with van der Waals surface area (Å²) < 4.78 is 14.2. The lowest BCUT2D eigenvalue weighted by atomic mass is 10.3. The van der Waals surface area contributed by atoms with E-state index in [1.807, 2.05) is 0 Å². The summed E-state index contributed by atoms with van der Waals surface area (Å²) >= 11 is 1.00. The number of anilines is 1. The lowest BCUT2D eigenvalue weighted by molar-refractivity contribution is 0.0299. The molecule has 0 unspecified atom stereocenters. The van der Waals surface area contributed by atoms with Crippen molar-refractivity contribution in [2.24, 2.45) is 0 Å². The number of nitrogens with one attached hydrogen (secondary N) is 1. The van der Waals surface area contributed by atoms with Crippen LogP contribution in [0.4, 0.5) is 9.80 Å². The Hall–Kier alpha value is -1.78. The van der Waals surface area contributed by atoms with Gasteiger partial charge in [-0.2, -0.15) is 0 Å². The SMILES string of the molecule is O=C(Nc1snnc1C(=O)N1CCOCC1)N1CCOCC1. The van der Waals surface area contributed by atoms with Gasteiger partial charge in [0.15, 0.2) is 10.7 Å². The van der Waals surface area contributed by atoms with E-state index in [0.29, 0.717) is 57.6 Å². The Labute approximate surface area is 131 Å². The van der Waals surface area contributed by atoms with Crippen LogP contribution in [0.25, 0.3) is 0 Å². The number of ether oxygens (including phenoxy) is 2. The second-order valence-corrected chi connectivity index (χ2v) is 5.64. The molecule has 3 heterocycles. The van der Waals surface area contributed by atoms with Crippen LogP contribution >= 0.6 is 11.5 Å². The van der Waals surface area contributed by atoms with Gasteiger partial charge in [-0.25, -0.2) is 4.79 Å². The third-order valence-corrected chi connectivity index (χ3v) is 4.15. The molecule has 0 aromatic carbocycles. The Bertz CT molecular complexity index is 539. The number of carbonyl (C=O) groups is 2. The largest absolute Gasteiger partial charge is 0.378 e. The molecule has 1 aromatic rings. The van der Waals surface area contributed by atoms with Crippen LogP contribution < -0.4 is 5.32 Å². The van der Waals surface area contributed by atoms with E-state index in [1.54, 1.807) is 9.80 Å². The molecule has 0 spiro atoms. The first-order chi connectivity index (χ1) is 10.8. The van der Waals surface area contributed by atoms with Crippen molar-refractivity contribution in [2.45, 2.75) is 0 Å². The van der Waals surface area contributed by atoms with E-state index in [0.717, 1.165) is 11.5 Å². The summed E-state index contributed by atoms with van der Waals surface area (Å²) in [6, 6.07) is -0.259. The minimum atomic E-state index is -0.259. The Kier molecular flexibility index (Phi) is 4.80. The van der Waals surface area contributed by atoms with Gasteiger partial charge in [0.05, 0.1) is 26.4 Å². The van der Waals surface area contributed by atoms with E-state index in [1.165, 1.54) is 0 Å². The Morgan fingerprint density at radius 2 is 1.59 bits per heavy atom. The summed E-state index contributed by atoms with van der Waals surface area (Å²) in [5.74, 6) is -0.227. The Balaban J connectivity index is 1.66. The summed E-state index contributed by atoms with van der Waals surface area (Å²) in [5, 5.41) is 6.98. The van der Waals surface area contributed by atoms with Gasteiger partial charge in [0, 0.05) is 37.7 Å². The molecule has 2 aliphatic heterocycles. The maximum absolute atomic E-state index is 12.4. The van der Waals surface area contributed by atoms with E-state index in [2.05, 4.69) is 14.9 Å². The van der Waals surface area contributed by atoms with Crippen LogP contribution in [0.15, 0.2) is 0 Å². The van der Waals surface area contributed by atoms with Crippen molar-refractivity contribution in [3.05, 3.63) is 5.69 Å². The molecule has 2 fully saturated rings. The smallest absolute Gasteiger partial charge is 0.322 e. The first-order valence-electron chi connectivity index (χ1n) is 7.09. The van der Waals surface area contributed by atoms with E-state index in [-0.39, 0.29) is 17.6 Å². The topological polar surface area (TPSA) is 96.9 Å². The number of rotatable bonds is 2. The lowest BCUT2D eigenvalue weighted by Crippen LogP contribution is -2.43. The molecule has 3 amide bonds. The molecule has 10 heteroatoms. The second-order valence-electron chi connectivity index (χ2n) is 4.88. The summed E-state index contributed by atoms with van der Waals surface area (Å²) in [6.07, 6.45) is 0. The predicted octanol–water partition coefficient (Wildman–Crippen LogP) is -0.125. The van der Waals surface area contributed by atoms with Crippen LogP contribution in [-0.2, 0) is 9.47 Å². The van der Waals surface area contributed by atoms with Crippen molar-refractivity contribution < 1.29 is 19.1 Å². The fourth-order valence-electron chi connectivity index (χ4n) is 2.27. The van der Waals surface area contributed by atoms with Crippen molar-refractivity contribution >= 4 is 28.5 Å². The van der Waals surface area contributed by atoms with Crippen LogP contribution in [-0.4, -0.2) is 83.9 Å². The third-order valence-electron chi connectivity index (χ3n) is 3.51. The number of morpholine rings is 2. The van der Waals surface area contributed by atoms with E-state index in [9.17, 15) is 9.59 Å². The molecule has 0 radical (unpaired) electrons. The molecular formula is C12H17N5O4S. The minimum Gasteiger partial charge on any atom is -0.378 e. The van der Waals surface area contributed by atoms with Gasteiger partial charge in [-0.3, -0.25) is 10.1 Å². The Morgan fingerprint density at radius 3 is 2.23 bits per heavy atom. The van der Waals surface area contributed by atoms with Gasteiger partial charge >= 0.3 is 6.03 Å². The van der Waals surface area contributed by atoms with E-state index < -0.39 is 0 Å². The molecule has 1 aromatic heterocycles. The maximum atomic E-state index is 12.4. The van der Waals surface area contributed by atoms with E-state index in [4.69, 9.17) is 9.47 Å². The number of nitrogens with zero attached hydrogens (tertiary/aromatic N) is 4. The monoisotopic (exact) mass is 327 g/mol. The molecule has 1 N–H and O–H groups in total. The molecule has 9 nitrogen and oxygen atoms in total. The average molecular weight is 327 g/mol. The number of hydrogen-bond donors (Lipinski definition) is 1. The van der Waals surface area contributed by atoms with Gasteiger partial charge in [-0.05, 0) is 0 Å². The highest BCUT2D eigenvalue weighted by atomic mass is 32.1. The van der Waals surface area contributed by atoms with Crippen LogP contribution in [0.5, 0.6) is 0 Å². The van der Waals surface area contributed by atoms with Gasteiger partial charge in [0.2, 0.25) is 0 Å². The fourth-order valence-corrected chi connectivity index (χ4v) is 2.82. The second kappa shape index (κ2) is 6.99.